The first-order chi connectivity index (χ1) is 11.8. The van der Waals surface area contributed by atoms with E-state index in [0.29, 0.717) is 11.6 Å². The van der Waals surface area contributed by atoms with Crippen molar-refractivity contribution in [3.05, 3.63) is 23.7 Å². The number of anilines is 1. The van der Waals surface area contributed by atoms with E-state index in [9.17, 15) is 0 Å². The van der Waals surface area contributed by atoms with E-state index in [-0.39, 0.29) is 5.41 Å². The van der Waals surface area contributed by atoms with Gasteiger partial charge >= 0.3 is 0 Å². The Kier molecular flexibility index (Phi) is 6.36. The van der Waals surface area contributed by atoms with Gasteiger partial charge in [0.25, 0.3) is 0 Å². The maximum absolute atomic E-state index is 5.41. The fourth-order valence-corrected chi connectivity index (χ4v) is 2.50. The molecule has 0 amide bonds. The van der Waals surface area contributed by atoms with E-state index in [1.54, 1.807) is 0 Å². The molecule has 0 saturated carbocycles. The number of aliphatic imine (C=N–C) groups is 2. The lowest BCUT2D eigenvalue weighted by Gasteiger charge is -2.33. The zero-order valence-electron chi connectivity index (χ0n) is 16.0. The van der Waals surface area contributed by atoms with Crippen molar-refractivity contribution in [2.24, 2.45) is 9.98 Å². The molecule has 7 heteroatoms. The Morgan fingerprint density at radius 1 is 1.36 bits per heavy atom. The Labute approximate surface area is 150 Å². The first-order valence-corrected chi connectivity index (χ1v) is 8.74. The highest BCUT2D eigenvalue weighted by Crippen LogP contribution is 2.25. The van der Waals surface area contributed by atoms with Gasteiger partial charge in [-0.1, -0.05) is 25.9 Å². The van der Waals surface area contributed by atoms with E-state index >= 15 is 0 Å². The lowest BCUT2D eigenvalue weighted by molar-refractivity contribution is 0.216. The van der Waals surface area contributed by atoms with Gasteiger partial charge in [0.05, 0.1) is 0 Å². The van der Waals surface area contributed by atoms with Crippen LogP contribution >= 0.6 is 0 Å². The van der Waals surface area contributed by atoms with Crippen LogP contribution in [-0.4, -0.2) is 67.3 Å². The van der Waals surface area contributed by atoms with E-state index in [1.807, 2.05) is 19.1 Å². The number of nitrogens with zero attached hydrogens (tertiary/aromatic N) is 5. The van der Waals surface area contributed by atoms with Crippen LogP contribution in [-0.2, 0) is 5.41 Å². The Morgan fingerprint density at radius 2 is 2.04 bits per heavy atom. The largest absolute Gasteiger partial charge is 0.359 e. The summed E-state index contributed by atoms with van der Waals surface area (Å²) >= 11 is 0. The van der Waals surface area contributed by atoms with Gasteiger partial charge in [0.2, 0.25) is 0 Å². The first kappa shape index (κ1) is 19.2. The second-order valence-corrected chi connectivity index (χ2v) is 7.26. The molecule has 1 aromatic heterocycles. The van der Waals surface area contributed by atoms with Crippen LogP contribution in [0.2, 0.25) is 0 Å². The molecule has 1 aliphatic heterocycles. The molecule has 0 radical (unpaired) electrons. The van der Waals surface area contributed by atoms with Crippen molar-refractivity contribution in [1.29, 1.82) is 0 Å². The Hall–Kier alpha value is -2.15. The number of piperazine rings is 1. The van der Waals surface area contributed by atoms with Gasteiger partial charge in [0, 0.05) is 50.3 Å². The summed E-state index contributed by atoms with van der Waals surface area (Å²) in [4.78, 5) is 13.3. The molecule has 2 rings (SSSR count). The van der Waals surface area contributed by atoms with Crippen LogP contribution in [0.1, 0.15) is 33.5 Å². The second kappa shape index (κ2) is 8.29. The Balaban J connectivity index is 2.14. The number of nitrogens with one attached hydrogen (secondary N) is 1. The molecule has 0 spiro atoms. The van der Waals surface area contributed by atoms with Crippen LogP contribution in [0.5, 0.6) is 0 Å². The summed E-state index contributed by atoms with van der Waals surface area (Å²) in [5, 5.41) is 7.24. The normalized spacial score (nSPS) is 17.7. The standard InChI is InChI=1S/C18H30N6O/c1-7-20-17(24-10-8-23(6)9-11-24)13-15(19-5)21-16-12-14(25-22-16)18(2,3)4/h12-13H,5,7-11H2,1-4,6H3,(H,21,22)/b15-13+,20-17?. The van der Waals surface area contributed by atoms with Crippen LogP contribution in [0.3, 0.4) is 0 Å². The first-order valence-electron chi connectivity index (χ1n) is 8.74. The highest BCUT2D eigenvalue weighted by Gasteiger charge is 2.20. The maximum Gasteiger partial charge on any atom is 0.175 e. The van der Waals surface area contributed by atoms with E-state index in [1.165, 1.54) is 0 Å². The molecule has 0 atom stereocenters. The molecule has 138 valence electrons. The monoisotopic (exact) mass is 346 g/mol. The van der Waals surface area contributed by atoms with E-state index in [4.69, 9.17) is 4.52 Å². The van der Waals surface area contributed by atoms with Crippen molar-refractivity contribution in [1.82, 2.24) is 15.0 Å². The number of amidine groups is 1. The highest BCUT2D eigenvalue weighted by atomic mass is 16.5. The Morgan fingerprint density at radius 3 is 2.56 bits per heavy atom. The molecule has 1 aromatic rings. The molecule has 0 aliphatic carbocycles. The van der Waals surface area contributed by atoms with Gasteiger partial charge in [-0.25, -0.2) is 4.99 Å². The summed E-state index contributed by atoms with van der Waals surface area (Å²) in [7, 11) is 2.14. The second-order valence-electron chi connectivity index (χ2n) is 7.26. The zero-order chi connectivity index (χ0) is 18.4. The quantitative estimate of drug-likeness (QED) is 0.655. The maximum atomic E-state index is 5.41. The van der Waals surface area contributed by atoms with Crippen LogP contribution in [0.15, 0.2) is 32.5 Å². The van der Waals surface area contributed by atoms with E-state index < -0.39 is 0 Å². The molecule has 0 unspecified atom stereocenters. The minimum absolute atomic E-state index is 0.0902. The van der Waals surface area contributed by atoms with E-state index in [2.05, 4.69) is 64.8 Å². The van der Waals surface area contributed by atoms with Crippen LogP contribution in [0.25, 0.3) is 0 Å². The molecule has 25 heavy (non-hydrogen) atoms. The molecule has 0 bridgehead atoms. The number of hydrogen-bond acceptors (Lipinski definition) is 6. The predicted molar refractivity (Wildman–Crippen MR) is 104 cm³/mol. The lowest BCUT2D eigenvalue weighted by atomic mass is 9.93. The summed E-state index contributed by atoms with van der Waals surface area (Å²) in [6, 6.07) is 1.89. The molecule has 1 N–H and O–H groups in total. The summed E-state index contributed by atoms with van der Waals surface area (Å²) in [6.07, 6.45) is 1.92. The molecule has 1 saturated heterocycles. The van der Waals surface area contributed by atoms with Gasteiger partial charge in [-0.05, 0) is 20.7 Å². The smallest absolute Gasteiger partial charge is 0.175 e. The van der Waals surface area contributed by atoms with Crippen molar-refractivity contribution >= 4 is 18.4 Å². The van der Waals surface area contributed by atoms with Gasteiger partial charge in [-0.15, -0.1) is 0 Å². The third-order valence-corrected chi connectivity index (χ3v) is 4.09. The summed E-state index contributed by atoms with van der Waals surface area (Å²) in [5.74, 6) is 2.97. The SMILES string of the molecule is C=N/C(=C\C(=NCC)N1CCN(C)CC1)Nc1cc(C(C)(C)C)on1. The molecule has 7 nitrogen and oxygen atoms in total. The number of rotatable bonds is 5. The average molecular weight is 346 g/mol. The van der Waals surface area contributed by atoms with Crippen molar-refractivity contribution in [2.45, 2.75) is 33.1 Å². The number of aromatic nitrogens is 1. The topological polar surface area (TPSA) is 69.3 Å². The van der Waals surface area contributed by atoms with Gasteiger partial charge in [-0.2, -0.15) is 0 Å². The zero-order valence-corrected chi connectivity index (χ0v) is 16.0. The van der Waals surface area contributed by atoms with Gasteiger partial charge in [0.1, 0.15) is 17.4 Å². The van der Waals surface area contributed by atoms with Crippen LogP contribution in [0, 0.1) is 0 Å². The molecule has 1 fully saturated rings. The highest BCUT2D eigenvalue weighted by molar-refractivity contribution is 5.94. The van der Waals surface area contributed by atoms with Gasteiger partial charge in [0.15, 0.2) is 5.82 Å². The molecular weight excluding hydrogens is 316 g/mol. The molecular formula is C18H30N6O. The lowest BCUT2D eigenvalue weighted by Crippen LogP contribution is -2.46. The van der Waals surface area contributed by atoms with Crippen LogP contribution in [0.4, 0.5) is 5.82 Å². The van der Waals surface area contributed by atoms with Crippen molar-refractivity contribution in [2.75, 3.05) is 45.1 Å². The van der Waals surface area contributed by atoms with Gasteiger partial charge < -0.3 is 19.6 Å². The number of likely N-dealkylation sites (N-methyl/N-ethyl adjacent to an activating group) is 1. The van der Waals surface area contributed by atoms with E-state index in [0.717, 1.165) is 44.3 Å². The minimum Gasteiger partial charge on any atom is -0.359 e. The minimum atomic E-state index is -0.0902. The third kappa shape index (κ3) is 5.42. The Bertz CT molecular complexity index is 632. The molecule has 2 heterocycles. The fourth-order valence-electron chi connectivity index (χ4n) is 2.50. The predicted octanol–water partition coefficient (Wildman–Crippen LogP) is 2.59. The fraction of sp³-hybridized carbons (Fsp3) is 0.611. The number of hydrogen-bond donors (Lipinski definition) is 1. The average Bonchev–Trinajstić information content (AvgIpc) is 3.03. The molecule has 1 aliphatic rings. The third-order valence-electron chi connectivity index (χ3n) is 4.09. The van der Waals surface area contributed by atoms with Crippen LogP contribution < -0.4 is 5.32 Å². The van der Waals surface area contributed by atoms with Crippen molar-refractivity contribution in [3.63, 3.8) is 0 Å². The summed E-state index contributed by atoms with van der Waals surface area (Å²) < 4.78 is 5.41. The van der Waals surface area contributed by atoms with Crippen molar-refractivity contribution in [3.8, 4) is 0 Å². The summed E-state index contributed by atoms with van der Waals surface area (Å²) in [6.45, 7) is 16.6. The molecule has 0 aromatic carbocycles. The van der Waals surface area contributed by atoms with Crippen molar-refractivity contribution < 1.29 is 4.52 Å². The van der Waals surface area contributed by atoms with Gasteiger partial charge in [-0.3, -0.25) is 4.99 Å². The summed E-state index contributed by atoms with van der Waals surface area (Å²) in [5.41, 5.74) is -0.0902.